The van der Waals surface area contributed by atoms with Crippen LogP contribution >= 0.6 is 0 Å². The van der Waals surface area contributed by atoms with Gasteiger partial charge < -0.3 is 9.69 Å². The Morgan fingerprint density at radius 1 is 1.08 bits per heavy atom. The van der Waals surface area contributed by atoms with E-state index in [4.69, 9.17) is 10.1 Å². The minimum Gasteiger partial charge on any atom is -0.342 e. The topological polar surface area (TPSA) is 102 Å². The summed E-state index contributed by atoms with van der Waals surface area (Å²) < 4.78 is 27.9. The second-order valence-electron chi connectivity index (χ2n) is 6.62. The van der Waals surface area contributed by atoms with Crippen LogP contribution in [0.3, 0.4) is 0 Å². The van der Waals surface area contributed by atoms with Crippen molar-refractivity contribution in [1.82, 2.24) is 13.5 Å². The number of likely N-dealkylation sites (tertiary alicyclic amines) is 1. The number of amides is 1. The van der Waals surface area contributed by atoms with Crippen LogP contribution in [-0.4, -0.2) is 73.4 Å². The lowest BCUT2D eigenvalue weighted by molar-refractivity contribution is -0.135. The van der Waals surface area contributed by atoms with Gasteiger partial charge in [0.1, 0.15) is 6.29 Å². The molecule has 9 heteroatoms. The standard InChI is InChI=1S/C14H22N4O3S.C2H4O/c15-8-12-9-18(10-12)22(20,21)17-7-3-4-13(11-17)14(19)16-5-1-2-6-16;1-2-3/h12-13H,1-7,9-11H2;2H,1H3/t13-;/m0./s1. The highest BCUT2D eigenvalue weighted by Crippen LogP contribution is 2.27. The molecule has 3 fully saturated rings. The zero-order valence-corrected chi connectivity index (χ0v) is 15.4. The summed E-state index contributed by atoms with van der Waals surface area (Å²) in [6, 6.07) is 2.09. The Kier molecular flexibility index (Phi) is 6.93. The summed E-state index contributed by atoms with van der Waals surface area (Å²) in [4.78, 5) is 23.1. The average Bonchev–Trinajstić information content (AvgIpc) is 3.08. The fourth-order valence-electron chi connectivity index (χ4n) is 3.42. The van der Waals surface area contributed by atoms with Crippen LogP contribution in [0.4, 0.5) is 0 Å². The summed E-state index contributed by atoms with van der Waals surface area (Å²) in [5.41, 5.74) is 0. The fraction of sp³-hybridized carbons (Fsp3) is 0.812. The molecule has 8 nitrogen and oxygen atoms in total. The summed E-state index contributed by atoms with van der Waals surface area (Å²) >= 11 is 0. The zero-order chi connectivity index (χ0) is 18.4. The molecule has 0 radical (unpaired) electrons. The Morgan fingerprint density at radius 2 is 1.68 bits per heavy atom. The fourth-order valence-corrected chi connectivity index (χ4v) is 5.21. The van der Waals surface area contributed by atoms with Gasteiger partial charge in [-0.15, -0.1) is 0 Å². The van der Waals surface area contributed by atoms with Gasteiger partial charge in [0, 0.05) is 39.3 Å². The van der Waals surface area contributed by atoms with Crippen molar-refractivity contribution in [3.05, 3.63) is 0 Å². The zero-order valence-electron chi connectivity index (χ0n) is 14.6. The van der Waals surface area contributed by atoms with Crippen LogP contribution in [0.15, 0.2) is 0 Å². The maximum atomic E-state index is 12.5. The van der Waals surface area contributed by atoms with Crippen molar-refractivity contribution in [2.24, 2.45) is 11.8 Å². The normalized spacial score (nSPS) is 25.4. The van der Waals surface area contributed by atoms with Gasteiger partial charge in [0.2, 0.25) is 5.91 Å². The number of hydrogen-bond donors (Lipinski definition) is 0. The Labute approximate surface area is 149 Å². The smallest absolute Gasteiger partial charge is 0.282 e. The molecular weight excluding hydrogens is 344 g/mol. The van der Waals surface area contributed by atoms with Gasteiger partial charge in [0.15, 0.2) is 0 Å². The monoisotopic (exact) mass is 370 g/mol. The molecule has 3 saturated heterocycles. The molecule has 0 aromatic carbocycles. The predicted octanol–water partition coefficient (Wildman–Crippen LogP) is 0.226. The number of piperidine rings is 1. The summed E-state index contributed by atoms with van der Waals surface area (Å²) in [5, 5.41) is 8.78. The van der Waals surface area contributed by atoms with Crippen LogP contribution in [0.25, 0.3) is 0 Å². The van der Waals surface area contributed by atoms with Gasteiger partial charge in [-0.1, -0.05) is 0 Å². The summed E-state index contributed by atoms with van der Waals surface area (Å²) in [5.74, 6) is -0.299. The Hall–Kier alpha value is -1.50. The van der Waals surface area contributed by atoms with Crippen LogP contribution in [0.1, 0.15) is 32.6 Å². The highest BCUT2D eigenvalue weighted by Gasteiger charge is 2.42. The molecule has 1 atom stereocenters. The molecule has 25 heavy (non-hydrogen) atoms. The average molecular weight is 370 g/mol. The second kappa shape index (κ2) is 8.74. The second-order valence-corrected chi connectivity index (χ2v) is 8.54. The molecular formula is C16H26N4O4S. The first-order valence-electron chi connectivity index (χ1n) is 8.77. The van der Waals surface area contributed by atoms with Crippen LogP contribution in [-0.2, 0) is 19.8 Å². The van der Waals surface area contributed by atoms with E-state index in [9.17, 15) is 13.2 Å². The molecule has 0 aliphatic carbocycles. The van der Waals surface area contributed by atoms with Crippen LogP contribution in [0, 0.1) is 23.2 Å². The van der Waals surface area contributed by atoms with Gasteiger partial charge in [-0.3, -0.25) is 4.79 Å². The first-order valence-corrected chi connectivity index (χ1v) is 10.2. The lowest BCUT2D eigenvalue weighted by Gasteiger charge is -2.40. The molecule has 0 bridgehead atoms. The van der Waals surface area contributed by atoms with E-state index in [0.717, 1.165) is 45.1 Å². The Bertz CT molecular complexity index is 619. The van der Waals surface area contributed by atoms with E-state index in [1.165, 1.54) is 15.5 Å². The number of aldehydes is 1. The van der Waals surface area contributed by atoms with E-state index in [1.807, 2.05) is 4.90 Å². The highest BCUT2D eigenvalue weighted by atomic mass is 32.2. The van der Waals surface area contributed by atoms with E-state index >= 15 is 0 Å². The molecule has 1 amide bonds. The molecule has 0 aromatic rings. The van der Waals surface area contributed by atoms with E-state index in [1.54, 1.807) is 0 Å². The Balaban J connectivity index is 0.000000701. The lowest BCUT2D eigenvalue weighted by Crippen LogP contribution is -2.57. The van der Waals surface area contributed by atoms with Gasteiger partial charge in [0.05, 0.1) is 17.9 Å². The molecule has 3 heterocycles. The first kappa shape index (κ1) is 19.8. The quantitative estimate of drug-likeness (QED) is 0.662. The minimum atomic E-state index is -3.51. The minimum absolute atomic E-state index is 0.107. The Morgan fingerprint density at radius 3 is 2.24 bits per heavy atom. The highest BCUT2D eigenvalue weighted by molar-refractivity contribution is 7.86. The molecule has 0 unspecified atom stereocenters. The summed E-state index contributed by atoms with van der Waals surface area (Å²) in [6.45, 7) is 4.36. The molecule has 0 saturated carbocycles. The number of hydrogen-bond acceptors (Lipinski definition) is 5. The molecule has 0 aromatic heterocycles. The van der Waals surface area contributed by atoms with Gasteiger partial charge in [-0.05, 0) is 32.6 Å². The van der Waals surface area contributed by atoms with Gasteiger partial charge in [0.25, 0.3) is 10.2 Å². The number of carbonyl (C=O) groups excluding carboxylic acids is 2. The van der Waals surface area contributed by atoms with Gasteiger partial charge in [-0.2, -0.15) is 22.3 Å². The van der Waals surface area contributed by atoms with Crippen molar-refractivity contribution in [1.29, 1.82) is 5.26 Å². The lowest BCUT2D eigenvalue weighted by atomic mass is 9.98. The van der Waals surface area contributed by atoms with Crippen molar-refractivity contribution < 1.29 is 18.0 Å². The van der Waals surface area contributed by atoms with E-state index in [-0.39, 0.29) is 37.4 Å². The molecule has 3 aliphatic rings. The number of carbonyl (C=O) groups is 2. The van der Waals surface area contributed by atoms with Crippen molar-refractivity contribution >= 4 is 22.4 Å². The van der Waals surface area contributed by atoms with Crippen molar-refractivity contribution in [3.63, 3.8) is 0 Å². The van der Waals surface area contributed by atoms with Gasteiger partial charge in [-0.25, -0.2) is 0 Å². The van der Waals surface area contributed by atoms with E-state index in [0.29, 0.717) is 6.54 Å². The van der Waals surface area contributed by atoms with Gasteiger partial charge >= 0.3 is 0 Å². The molecule has 0 N–H and O–H groups in total. The summed E-state index contributed by atoms with van der Waals surface area (Å²) in [6.07, 6.45) is 4.33. The van der Waals surface area contributed by atoms with Crippen molar-refractivity contribution in [2.75, 3.05) is 39.3 Å². The summed E-state index contributed by atoms with van der Waals surface area (Å²) in [7, 11) is -3.51. The third-order valence-corrected chi connectivity index (χ3v) is 6.77. The SMILES string of the molecule is CC=O.N#CC1CN(S(=O)(=O)N2CCC[C@H](C(=O)N3CCCC3)C2)C1. The maximum Gasteiger partial charge on any atom is 0.282 e. The third-order valence-electron chi connectivity index (χ3n) is 4.83. The van der Waals surface area contributed by atoms with Crippen molar-refractivity contribution in [3.8, 4) is 6.07 Å². The number of rotatable bonds is 3. The third kappa shape index (κ3) is 4.57. The van der Waals surface area contributed by atoms with Crippen LogP contribution in [0.2, 0.25) is 0 Å². The van der Waals surface area contributed by atoms with Crippen LogP contribution in [0.5, 0.6) is 0 Å². The molecule has 0 spiro atoms. The first-order chi connectivity index (χ1) is 11.9. The number of nitriles is 1. The largest absolute Gasteiger partial charge is 0.342 e. The van der Waals surface area contributed by atoms with E-state index in [2.05, 4.69) is 6.07 Å². The molecule has 3 rings (SSSR count). The van der Waals surface area contributed by atoms with E-state index < -0.39 is 10.2 Å². The molecule has 140 valence electrons. The number of nitrogens with zero attached hydrogens (tertiary/aromatic N) is 4. The maximum absolute atomic E-state index is 12.5. The predicted molar refractivity (Wildman–Crippen MR) is 91.4 cm³/mol. The van der Waals surface area contributed by atoms with Crippen molar-refractivity contribution in [2.45, 2.75) is 32.6 Å². The van der Waals surface area contributed by atoms with Crippen LogP contribution < -0.4 is 0 Å². The molecule has 3 aliphatic heterocycles.